The van der Waals surface area contributed by atoms with Gasteiger partial charge in [0.2, 0.25) is 0 Å². The fraction of sp³-hybridized carbons (Fsp3) is 0.148. The Hall–Kier alpha value is -3.27. The quantitative estimate of drug-likeness (QED) is 0.273. The van der Waals surface area contributed by atoms with Crippen LogP contribution in [-0.4, -0.2) is 35.2 Å². The maximum atomic E-state index is 13.0. The molecule has 0 saturated carbocycles. The van der Waals surface area contributed by atoms with E-state index in [1.165, 1.54) is 4.90 Å². The van der Waals surface area contributed by atoms with Crippen LogP contribution in [0.15, 0.2) is 76.1 Å². The lowest BCUT2D eigenvalue weighted by Crippen LogP contribution is -2.27. The van der Waals surface area contributed by atoms with Gasteiger partial charge in [-0.2, -0.15) is 0 Å². The second kappa shape index (κ2) is 12.3. The van der Waals surface area contributed by atoms with Gasteiger partial charge < -0.3 is 14.8 Å². The summed E-state index contributed by atoms with van der Waals surface area (Å²) in [5.74, 6) is 0.0794. The molecule has 0 spiro atoms. The summed E-state index contributed by atoms with van der Waals surface area (Å²) in [4.78, 5) is 39.3. The number of hydrogen-bond donors (Lipinski definition) is 1. The molecule has 1 aliphatic heterocycles. The monoisotopic (exact) mass is 600 g/mol. The number of benzene rings is 3. The van der Waals surface area contributed by atoms with Crippen molar-refractivity contribution in [3.05, 3.63) is 92.3 Å². The minimum Gasteiger partial charge on any atom is -0.490 e. The van der Waals surface area contributed by atoms with Crippen LogP contribution in [0.4, 0.5) is 10.5 Å². The van der Waals surface area contributed by atoms with Crippen LogP contribution in [0.1, 0.15) is 18.1 Å². The summed E-state index contributed by atoms with van der Waals surface area (Å²) in [6.07, 6.45) is 1.64. The van der Waals surface area contributed by atoms with Gasteiger partial charge >= 0.3 is 0 Å². The molecule has 0 radical (unpaired) electrons. The number of thioether (sulfide) groups is 1. The van der Waals surface area contributed by atoms with E-state index < -0.39 is 0 Å². The number of ether oxygens (including phenoxy) is 2. The number of carbonyl (C=O) groups is 3. The van der Waals surface area contributed by atoms with Crippen molar-refractivity contribution in [3.63, 3.8) is 0 Å². The van der Waals surface area contributed by atoms with Gasteiger partial charge in [0.05, 0.1) is 18.1 Å². The molecule has 190 valence electrons. The van der Waals surface area contributed by atoms with Crippen molar-refractivity contribution in [2.24, 2.45) is 0 Å². The Bertz CT molecular complexity index is 1380. The largest absolute Gasteiger partial charge is 0.490 e. The van der Waals surface area contributed by atoms with Gasteiger partial charge in [-0.15, -0.1) is 0 Å². The van der Waals surface area contributed by atoms with Gasteiger partial charge in [0, 0.05) is 15.2 Å². The summed E-state index contributed by atoms with van der Waals surface area (Å²) in [6, 6.07) is 19.4. The van der Waals surface area contributed by atoms with Gasteiger partial charge in [-0.3, -0.25) is 19.3 Å². The Balaban J connectivity index is 1.45. The zero-order chi connectivity index (χ0) is 26.4. The average Bonchev–Trinajstić information content (AvgIpc) is 3.12. The third-order valence-electron chi connectivity index (χ3n) is 5.19. The standard InChI is InChI=1S/C27H22BrClN2O5S/c1-2-35-23-12-17(10-11-22(23)36-16-25(32)30-20-8-5-7-19(29)14-20)13-24-26(33)31(27(34)37-24)15-18-6-3-4-9-21(18)28/h3-14H,2,15-16H2,1H3,(H,30,32)/b24-13+. The Morgan fingerprint density at radius 1 is 1.05 bits per heavy atom. The van der Waals surface area contributed by atoms with E-state index in [4.69, 9.17) is 21.1 Å². The molecule has 0 aromatic heterocycles. The molecule has 1 heterocycles. The van der Waals surface area contributed by atoms with E-state index in [2.05, 4.69) is 21.2 Å². The molecule has 3 amide bonds. The van der Waals surface area contributed by atoms with Crippen molar-refractivity contribution in [2.45, 2.75) is 13.5 Å². The number of amides is 3. The summed E-state index contributed by atoms with van der Waals surface area (Å²) in [5, 5.41) is 2.90. The summed E-state index contributed by atoms with van der Waals surface area (Å²) < 4.78 is 12.2. The Kier molecular flexibility index (Phi) is 8.91. The first-order valence-electron chi connectivity index (χ1n) is 11.3. The molecule has 1 fully saturated rings. The predicted molar refractivity (Wildman–Crippen MR) is 149 cm³/mol. The molecule has 3 aromatic carbocycles. The number of anilines is 1. The Labute approximate surface area is 231 Å². The molecule has 3 aromatic rings. The van der Waals surface area contributed by atoms with E-state index in [9.17, 15) is 14.4 Å². The minimum absolute atomic E-state index is 0.178. The van der Waals surface area contributed by atoms with Gasteiger partial charge in [0.1, 0.15) is 0 Å². The first-order valence-corrected chi connectivity index (χ1v) is 13.3. The molecular formula is C27H22BrClN2O5S. The number of rotatable bonds is 9. The molecule has 7 nitrogen and oxygen atoms in total. The lowest BCUT2D eigenvalue weighted by Gasteiger charge is -2.14. The summed E-state index contributed by atoms with van der Waals surface area (Å²) >= 11 is 10.3. The minimum atomic E-state index is -0.360. The van der Waals surface area contributed by atoms with Crippen molar-refractivity contribution < 1.29 is 23.9 Å². The molecular weight excluding hydrogens is 580 g/mol. The van der Waals surface area contributed by atoms with Crippen LogP contribution >= 0.6 is 39.3 Å². The Morgan fingerprint density at radius 2 is 1.86 bits per heavy atom. The van der Waals surface area contributed by atoms with Crippen molar-refractivity contribution >= 4 is 68.1 Å². The number of nitrogens with zero attached hydrogens (tertiary/aromatic N) is 1. The fourth-order valence-electron chi connectivity index (χ4n) is 3.49. The highest BCUT2D eigenvalue weighted by molar-refractivity contribution is 9.10. The molecule has 1 N–H and O–H groups in total. The maximum absolute atomic E-state index is 13.0. The normalized spacial score (nSPS) is 14.2. The van der Waals surface area contributed by atoms with Crippen LogP contribution in [0.5, 0.6) is 11.5 Å². The van der Waals surface area contributed by atoms with Crippen LogP contribution in [-0.2, 0) is 16.1 Å². The van der Waals surface area contributed by atoms with Crippen molar-refractivity contribution in [1.29, 1.82) is 0 Å². The van der Waals surface area contributed by atoms with Crippen LogP contribution in [0, 0.1) is 0 Å². The van der Waals surface area contributed by atoms with Gasteiger partial charge in [-0.1, -0.05) is 57.9 Å². The zero-order valence-electron chi connectivity index (χ0n) is 19.7. The molecule has 4 rings (SSSR count). The third kappa shape index (κ3) is 6.94. The summed E-state index contributed by atoms with van der Waals surface area (Å²) in [6.45, 7) is 2.14. The molecule has 10 heteroatoms. The predicted octanol–water partition coefficient (Wildman–Crippen LogP) is 6.76. The molecule has 1 saturated heterocycles. The van der Waals surface area contributed by atoms with Crippen molar-refractivity contribution in [1.82, 2.24) is 4.90 Å². The summed E-state index contributed by atoms with van der Waals surface area (Å²) in [5.41, 5.74) is 2.06. The fourth-order valence-corrected chi connectivity index (χ4v) is 4.93. The van der Waals surface area contributed by atoms with Crippen LogP contribution in [0.3, 0.4) is 0 Å². The van der Waals surface area contributed by atoms with Crippen LogP contribution < -0.4 is 14.8 Å². The van der Waals surface area contributed by atoms with E-state index in [-0.39, 0.29) is 30.2 Å². The SMILES string of the molecule is CCOc1cc(/C=C2/SC(=O)N(Cc3ccccc3Br)C2=O)ccc1OCC(=O)Nc1cccc(Cl)c1. The van der Waals surface area contributed by atoms with Crippen molar-refractivity contribution in [3.8, 4) is 11.5 Å². The number of hydrogen-bond acceptors (Lipinski definition) is 6. The van der Waals surface area contributed by atoms with Gasteiger partial charge in [0.25, 0.3) is 17.1 Å². The smallest absolute Gasteiger partial charge is 0.293 e. The number of nitrogens with one attached hydrogen (secondary N) is 1. The second-order valence-electron chi connectivity index (χ2n) is 7.85. The van der Waals surface area contributed by atoms with Gasteiger partial charge in [-0.05, 0) is 72.3 Å². The van der Waals surface area contributed by atoms with E-state index >= 15 is 0 Å². The average molecular weight is 602 g/mol. The molecule has 0 atom stereocenters. The topological polar surface area (TPSA) is 84.9 Å². The van der Waals surface area contributed by atoms with Crippen molar-refractivity contribution in [2.75, 3.05) is 18.5 Å². The van der Waals surface area contributed by atoms with E-state index in [1.807, 2.05) is 31.2 Å². The third-order valence-corrected chi connectivity index (χ3v) is 7.11. The second-order valence-corrected chi connectivity index (χ2v) is 10.1. The highest BCUT2D eigenvalue weighted by Crippen LogP contribution is 2.36. The van der Waals surface area contributed by atoms with E-state index in [1.54, 1.807) is 48.5 Å². The number of halogens is 2. The highest BCUT2D eigenvalue weighted by Gasteiger charge is 2.35. The molecule has 0 aliphatic carbocycles. The summed E-state index contributed by atoms with van der Waals surface area (Å²) in [7, 11) is 0. The number of carbonyl (C=O) groups excluding carboxylic acids is 3. The van der Waals surface area contributed by atoms with Crippen LogP contribution in [0.2, 0.25) is 5.02 Å². The Morgan fingerprint density at radius 3 is 2.62 bits per heavy atom. The molecule has 0 bridgehead atoms. The first-order chi connectivity index (χ1) is 17.8. The van der Waals surface area contributed by atoms with Gasteiger partial charge in [0.15, 0.2) is 18.1 Å². The lowest BCUT2D eigenvalue weighted by atomic mass is 10.1. The lowest BCUT2D eigenvalue weighted by molar-refractivity contribution is -0.123. The number of imide groups is 1. The maximum Gasteiger partial charge on any atom is 0.293 e. The first kappa shape index (κ1) is 26.8. The molecule has 0 unspecified atom stereocenters. The van der Waals surface area contributed by atoms with E-state index in [0.29, 0.717) is 39.3 Å². The molecule has 1 aliphatic rings. The zero-order valence-corrected chi connectivity index (χ0v) is 22.9. The van der Waals surface area contributed by atoms with Gasteiger partial charge in [-0.25, -0.2) is 0 Å². The van der Waals surface area contributed by atoms with Crippen LogP contribution in [0.25, 0.3) is 6.08 Å². The molecule has 37 heavy (non-hydrogen) atoms. The van der Waals surface area contributed by atoms with E-state index in [0.717, 1.165) is 21.8 Å². The highest BCUT2D eigenvalue weighted by atomic mass is 79.9.